The number of rotatable bonds is 3. The lowest BCUT2D eigenvalue weighted by Gasteiger charge is -2.30. The van der Waals surface area contributed by atoms with Crippen molar-refractivity contribution in [2.45, 2.75) is 33.2 Å². The standard InChI is InChI=1S/C12H22N2O5S/c1-12(2,3)8-9(10(15)16)13-11(17)14-4-6-20(18,19)7-5-14/h9H,4-8H2,1-3H3,(H,13,17)(H,15,16). The molecule has 2 N–H and O–H groups in total. The average Bonchev–Trinajstić information content (AvgIpc) is 2.25. The number of nitrogens with zero attached hydrogens (tertiary/aromatic N) is 1. The largest absolute Gasteiger partial charge is 0.480 e. The third-order valence-electron chi connectivity index (χ3n) is 3.04. The summed E-state index contributed by atoms with van der Waals surface area (Å²) >= 11 is 0. The SMILES string of the molecule is CC(C)(C)CC(NC(=O)N1CCS(=O)(=O)CC1)C(=O)O. The fraction of sp³-hybridized carbons (Fsp3) is 0.833. The molecular weight excluding hydrogens is 284 g/mol. The summed E-state index contributed by atoms with van der Waals surface area (Å²) in [4.78, 5) is 24.5. The molecule has 1 fully saturated rings. The summed E-state index contributed by atoms with van der Waals surface area (Å²) in [6.07, 6.45) is 0.306. The Labute approximate surface area is 119 Å². The maximum Gasteiger partial charge on any atom is 0.326 e. The predicted octanol–water partition coefficient (Wildman–Crippen LogP) is 0.316. The molecule has 8 heteroatoms. The van der Waals surface area contributed by atoms with E-state index < -0.39 is 27.9 Å². The fourth-order valence-electron chi connectivity index (χ4n) is 1.97. The Morgan fingerprint density at radius 3 is 2.15 bits per heavy atom. The molecule has 1 saturated heterocycles. The van der Waals surface area contributed by atoms with Gasteiger partial charge >= 0.3 is 12.0 Å². The number of hydrogen-bond donors (Lipinski definition) is 2. The van der Waals surface area contributed by atoms with Crippen molar-refractivity contribution in [2.75, 3.05) is 24.6 Å². The number of carbonyl (C=O) groups excluding carboxylic acids is 1. The molecular formula is C12H22N2O5S. The van der Waals surface area contributed by atoms with Crippen molar-refractivity contribution in [3.05, 3.63) is 0 Å². The number of amides is 2. The summed E-state index contributed by atoms with van der Waals surface area (Å²) in [5.74, 6) is -1.23. The van der Waals surface area contributed by atoms with Crippen molar-refractivity contribution in [3.63, 3.8) is 0 Å². The van der Waals surface area contributed by atoms with Crippen LogP contribution in [0.5, 0.6) is 0 Å². The highest BCUT2D eigenvalue weighted by atomic mass is 32.2. The molecule has 0 aliphatic carbocycles. The van der Waals surface area contributed by atoms with Gasteiger partial charge in [0.2, 0.25) is 0 Å². The molecule has 0 radical (unpaired) electrons. The average molecular weight is 306 g/mol. The van der Waals surface area contributed by atoms with E-state index in [-0.39, 0.29) is 30.0 Å². The van der Waals surface area contributed by atoms with Gasteiger partial charge in [0.15, 0.2) is 9.84 Å². The van der Waals surface area contributed by atoms with Gasteiger partial charge < -0.3 is 15.3 Å². The van der Waals surface area contributed by atoms with Crippen LogP contribution >= 0.6 is 0 Å². The molecule has 1 rings (SSSR count). The molecule has 2 amide bonds. The predicted molar refractivity (Wildman–Crippen MR) is 74.3 cm³/mol. The minimum absolute atomic E-state index is 0.0720. The molecule has 0 spiro atoms. The lowest BCUT2D eigenvalue weighted by atomic mass is 9.88. The van der Waals surface area contributed by atoms with E-state index in [0.717, 1.165) is 0 Å². The molecule has 0 aromatic heterocycles. The van der Waals surface area contributed by atoms with Gasteiger partial charge in [-0.2, -0.15) is 0 Å². The number of carboxylic acids is 1. The minimum Gasteiger partial charge on any atom is -0.480 e. The first kappa shape index (κ1) is 16.7. The van der Waals surface area contributed by atoms with Crippen molar-refractivity contribution in [3.8, 4) is 0 Å². The number of carbonyl (C=O) groups is 2. The number of sulfone groups is 1. The van der Waals surface area contributed by atoms with Crippen LogP contribution in [-0.2, 0) is 14.6 Å². The maximum absolute atomic E-state index is 12.0. The molecule has 0 saturated carbocycles. The molecule has 1 aliphatic rings. The van der Waals surface area contributed by atoms with Crippen LogP contribution in [0.4, 0.5) is 4.79 Å². The Hall–Kier alpha value is -1.31. The highest BCUT2D eigenvalue weighted by Gasteiger charge is 2.30. The first-order valence-corrected chi connectivity index (χ1v) is 8.31. The number of urea groups is 1. The van der Waals surface area contributed by atoms with Crippen LogP contribution < -0.4 is 5.32 Å². The summed E-state index contributed by atoms with van der Waals surface area (Å²) in [6.45, 7) is 5.89. The molecule has 20 heavy (non-hydrogen) atoms. The van der Waals surface area contributed by atoms with Crippen LogP contribution in [0.1, 0.15) is 27.2 Å². The van der Waals surface area contributed by atoms with Gasteiger partial charge in [-0.3, -0.25) is 0 Å². The Morgan fingerprint density at radius 1 is 1.25 bits per heavy atom. The molecule has 0 bridgehead atoms. The Kier molecular flexibility index (Phi) is 5.01. The van der Waals surface area contributed by atoms with Crippen LogP contribution in [0.15, 0.2) is 0 Å². The Bertz CT molecular complexity index is 467. The molecule has 1 unspecified atom stereocenters. The molecule has 1 heterocycles. The van der Waals surface area contributed by atoms with Crippen LogP contribution in [0, 0.1) is 5.41 Å². The lowest BCUT2D eigenvalue weighted by Crippen LogP contribution is -2.53. The molecule has 116 valence electrons. The Morgan fingerprint density at radius 2 is 1.75 bits per heavy atom. The number of hydrogen-bond acceptors (Lipinski definition) is 4. The van der Waals surface area contributed by atoms with E-state index in [2.05, 4.69) is 5.32 Å². The first-order chi connectivity index (χ1) is 9.00. The van der Waals surface area contributed by atoms with Crippen molar-refractivity contribution in [1.82, 2.24) is 10.2 Å². The molecule has 0 aromatic carbocycles. The highest BCUT2D eigenvalue weighted by molar-refractivity contribution is 7.91. The topological polar surface area (TPSA) is 104 Å². The quantitative estimate of drug-likeness (QED) is 0.781. The van der Waals surface area contributed by atoms with Gasteiger partial charge in [0, 0.05) is 13.1 Å². The summed E-state index contributed by atoms with van der Waals surface area (Å²) in [5.41, 5.74) is -0.235. The number of aliphatic carboxylic acids is 1. The third kappa shape index (κ3) is 5.36. The molecule has 7 nitrogen and oxygen atoms in total. The third-order valence-corrected chi connectivity index (χ3v) is 4.65. The lowest BCUT2D eigenvalue weighted by molar-refractivity contribution is -0.140. The van der Waals surface area contributed by atoms with Crippen molar-refractivity contribution in [2.24, 2.45) is 5.41 Å². The zero-order valence-electron chi connectivity index (χ0n) is 12.0. The van der Waals surface area contributed by atoms with Gasteiger partial charge in [-0.05, 0) is 11.8 Å². The second kappa shape index (κ2) is 5.99. The zero-order chi connectivity index (χ0) is 15.6. The number of nitrogens with one attached hydrogen (secondary N) is 1. The molecule has 0 aromatic rings. The van der Waals surface area contributed by atoms with Gasteiger partial charge in [0.05, 0.1) is 11.5 Å². The first-order valence-electron chi connectivity index (χ1n) is 6.49. The minimum atomic E-state index is -3.06. The zero-order valence-corrected chi connectivity index (χ0v) is 12.9. The molecule has 1 aliphatic heterocycles. The summed E-state index contributed by atoms with van der Waals surface area (Å²) < 4.78 is 22.6. The van der Waals surface area contributed by atoms with E-state index in [0.29, 0.717) is 6.42 Å². The van der Waals surface area contributed by atoms with Gasteiger partial charge in [0.25, 0.3) is 0 Å². The van der Waals surface area contributed by atoms with Gasteiger partial charge in [-0.15, -0.1) is 0 Å². The van der Waals surface area contributed by atoms with E-state index in [1.165, 1.54) is 4.90 Å². The normalized spacial score (nSPS) is 20.2. The van der Waals surface area contributed by atoms with E-state index in [9.17, 15) is 18.0 Å². The highest BCUT2D eigenvalue weighted by Crippen LogP contribution is 2.21. The summed E-state index contributed by atoms with van der Waals surface area (Å²) in [6, 6.07) is -1.49. The van der Waals surface area contributed by atoms with Crippen LogP contribution in [0.25, 0.3) is 0 Å². The van der Waals surface area contributed by atoms with Crippen molar-refractivity contribution >= 4 is 21.8 Å². The summed E-state index contributed by atoms with van der Waals surface area (Å²) in [5, 5.41) is 11.6. The monoisotopic (exact) mass is 306 g/mol. The van der Waals surface area contributed by atoms with E-state index >= 15 is 0 Å². The van der Waals surface area contributed by atoms with E-state index in [1.54, 1.807) is 0 Å². The van der Waals surface area contributed by atoms with Gasteiger partial charge in [0.1, 0.15) is 6.04 Å². The van der Waals surface area contributed by atoms with E-state index in [1.807, 2.05) is 20.8 Å². The fourth-order valence-corrected chi connectivity index (χ4v) is 3.17. The Balaban J connectivity index is 2.61. The van der Waals surface area contributed by atoms with Crippen molar-refractivity contribution in [1.29, 1.82) is 0 Å². The summed E-state index contributed by atoms with van der Waals surface area (Å²) in [7, 11) is -3.06. The van der Waals surface area contributed by atoms with Crippen LogP contribution in [-0.4, -0.2) is 61.1 Å². The van der Waals surface area contributed by atoms with Crippen molar-refractivity contribution < 1.29 is 23.1 Å². The van der Waals surface area contributed by atoms with Gasteiger partial charge in [-0.25, -0.2) is 18.0 Å². The smallest absolute Gasteiger partial charge is 0.326 e. The van der Waals surface area contributed by atoms with E-state index in [4.69, 9.17) is 5.11 Å². The second-order valence-electron chi connectivity index (χ2n) is 6.24. The maximum atomic E-state index is 12.0. The van der Waals surface area contributed by atoms with Crippen LogP contribution in [0.3, 0.4) is 0 Å². The second-order valence-corrected chi connectivity index (χ2v) is 8.55. The molecule has 1 atom stereocenters. The van der Waals surface area contributed by atoms with Gasteiger partial charge in [-0.1, -0.05) is 20.8 Å². The number of carboxylic acid groups (broad SMARTS) is 1. The van der Waals surface area contributed by atoms with Crippen LogP contribution in [0.2, 0.25) is 0 Å².